The zero-order chi connectivity index (χ0) is 11.1. The molecule has 0 radical (unpaired) electrons. The number of ether oxygens (including phenoxy) is 1. The van der Waals surface area contributed by atoms with Crippen LogP contribution in [0.3, 0.4) is 0 Å². The summed E-state index contributed by atoms with van der Waals surface area (Å²) in [4.78, 5) is 10.5. The van der Waals surface area contributed by atoms with E-state index < -0.39 is 18.2 Å². The smallest absolute Gasteiger partial charge is 0.450 e. The Morgan fingerprint density at radius 2 is 2.00 bits per heavy atom. The first-order valence-corrected chi connectivity index (χ1v) is 4.34. The minimum atomic E-state index is -4.91. The quantitative estimate of drug-likeness (QED) is 0.674. The lowest BCUT2D eigenvalue weighted by Gasteiger charge is -2.29. The lowest BCUT2D eigenvalue weighted by molar-refractivity contribution is -0.206. The van der Waals surface area contributed by atoms with Crippen LogP contribution in [0.5, 0.6) is 0 Å². The van der Waals surface area contributed by atoms with E-state index in [2.05, 4.69) is 4.74 Å². The number of benzene rings is 1. The summed E-state index contributed by atoms with van der Waals surface area (Å²) in [5, 5.41) is 0. The molecule has 0 fully saturated rings. The predicted molar refractivity (Wildman–Crippen MR) is 45.0 cm³/mol. The van der Waals surface area contributed by atoms with E-state index in [-0.39, 0.29) is 0 Å². The largest absolute Gasteiger partial charge is 0.490 e. The molecule has 1 aliphatic rings. The van der Waals surface area contributed by atoms with Gasteiger partial charge in [0.2, 0.25) is 0 Å². The van der Waals surface area contributed by atoms with E-state index >= 15 is 0 Å². The minimum Gasteiger partial charge on any atom is -0.450 e. The van der Waals surface area contributed by atoms with Crippen molar-refractivity contribution in [1.29, 1.82) is 0 Å². The fourth-order valence-electron chi connectivity index (χ4n) is 1.51. The van der Waals surface area contributed by atoms with Crippen molar-refractivity contribution < 1.29 is 22.7 Å². The number of carbonyl (C=O) groups is 1. The molecule has 0 amide bonds. The lowest BCUT2D eigenvalue weighted by atomic mass is 9.85. The first-order valence-electron chi connectivity index (χ1n) is 4.34. The van der Waals surface area contributed by atoms with Crippen molar-refractivity contribution in [2.24, 2.45) is 0 Å². The third-order valence-electron chi connectivity index (χ3n) is 2.29. The molecule has 0 spiro atoms. The molecule has 0 aliphatic heterocycles. The second-order valence-corrected chi connectivity index (χ2v) is 3.29. The summed E-state index contributed by atoms with van der Waals surface area (Å²) in [6.45, 7) is 0. The maximum Gasteiger partial charge on any atom is 0.490 e. The van der Waals surface area contributed by atoms with Gasteiger partial charge in [-0.3, -0.25) is 0 Å². The maximum absolute atomic E-state index is 11.9. The number of carbonyl (C=O) groups excluding carboxylic acids is 1. The van der Waals surface area contributed by atoms with E-state index in [4.69, 9.17) is 0 Å². The van der Waals surface area contributed by atoms with Crippen molar-refractivity contribution in [3.05, 3.63) is 35.4 Å². The molecule has 1 aromatic rings. The van der Waals surface area contributed by atoms with Gasteiger partial charge in [-0.05, 0) is 11.1 Å². The summed E-state index contributed by atoms with van der Waals surface area (Å²) in [5.74, 6) is -2.12. The number of alkyl halides is 3. The van der Waals surface area contributed by atoms with Crippen LogP contribution in [0.2, 0.25) is 0 Å². The van der Waals surface area contributed by atoms with Crippen LogP contribution in [0.25, 0.3) is 0 Å². The average Bonchev–Trinajstić information content (AvgIpc) is 2.12. The monoisotopic (exact) mass is 216 g/mol. The number of fused-ring (bicyclic) bond motifs is 1. The van der Waals surface area contributed by atoms with E-state index in [0.717, 1.165) is 5.56 Å². The van der Waals surface area contributed by atoms with Crippen LogP contribution in [0.1, 0.15) is 17.2 Å². The fourth-order valence-corrected chi connectivity index (χ4v) is 1.51. The molecular formula is C10H7F3O2. The molecule has 0 N–H and O–H groups in total. The summed E-state index contributed by atoms with van der Waals surface area (Å²) >= 11 is 0. The van der Waals surface area contributed by atoms with Crippen molar-refractivity contribution in [3.63, 3.8) is 0 Å². The molecule has 80 valence electrons. The third kappa shape index (κ3) is 1.82. The molecule has 0 saturated heterocycles. The summed E-state index contributed by atoms with van der Waals surface area (Å²) in [5.41, 5.74) is 1.59. The van der Waals surface area contributed by atoms with Gasteiger partial charge >= 0.3 is 12.1 Å². The number of hydrogen-bond donors (Lipinski definition) is 0. The Kier molecular flexibility index (Phi) is 2.17. The Labute approximate surface area is 83.7 Å². The molecule has 0 heterocycles. The van der Waals surface area contributed by atoms with Crippen LogP contribution in [-0.2, 0) is 16.0 Å². The molecule has 1 aliphatic carbocycles. The normalized spacial score (nSPS) is 19.0. The van der Waals surface area contributed by atoms with Crippen LogP contribution < -0.4 is 0 Å². The highest BCUT2D eigenvalue weighted by molar-refractivity contribution is 5.76. The maximum atomic E-state index is 11.9. The third-order valence-corrected chi connectivity index (χ3v) is 2.29. The Balaban J connectivity index is 2.04. The molecule has 0 bridgehead atoms. The van der Waals surface area contributed by atoms with Crippen molar-refractivity contribution in [2.75, 3.05) is 0 Å². The SMILES string of the molecule is O=C(OC1Cc2ccccc21)C(F)(F)F. The lowest BCUT2D eigenvalue weighted by Crippen LogP contribution is -2.31. The molecule has 15 heavy (non-hydrogen) atoms. The molecule has 0 saturated carbocycles. The molecule has 1 atom stereocenters. The number of hydrogen-bond acceptors (Lipinski definition) is 2. The summed E-state index contributed by atoms with van der Waals surface area (Å²) in [7, 11) is 0. The van der Waals surface area contributed by atoms with Crippen molar-refractivity contribution in [2.45, 2.75) is 18.7 Å². The van der Waals surface area contributed by atoms with Crippen LogP contribution in [-0.4, -0.2) is 12.1 Å². The second-order valence-electron chi connectivity index (χ2n) is 3.29. The zero-order valence-electron chi connectivity index (χ0n) is 7.54. The van der Waals surface area contributed by atoms with Gasteiger partial charge in [-0.2, -0.15) is 13.2 Å². The number of rotatable bonds is 1. The topological polar surface area (TPSA) is 26.3 Å². The molecule has 0 aromatic heterocycles. The predicted octanol–water partition coefficient (Wildman–Crippen LogP) is 2.39. The second kappa shape index (κ2) is 3.25. The van der Waals surface area contributed by atoms with Gasteiger partial charge in [-0.1, -0.05) is 24.3 Å². The first-order chi connectivity index (χ1) is 6.98. The van der Waals surface area contributed by atoms with Gasteiger partial charge in [0.25, 0.3) is 0 Å². The molecule has 5 heteroatoms. The van der Waals surface area contributed by atoms with Gasteiger partial charge in [0, 0.05) is 6.42 Å². The van der Waals surface area contributed by atoms with Gasteiger partial charge < -0.3 is 4.74 Å². The summed E-state index contributed by atoms with van der Waals surface area (Å²) in [6, 6.07) is 6.95. The van der Waals surface area contributed by atoms with Gasteiger partial charge in [-0.25, -0.2) is 4.79 Å². The van der Waals surface area contributed by atoms with Crippen LogP contribution in [0, 0.1) is 0 Å². The van der Waals surface area contributed by atoms with Crippen molar-refractivity contribution >= 4 is 5.97 Å². The van der Waals surface area contributed by atoms with Gasteiger partial charge in [0.05, 0.1) is 0 Å². The van der Waals surface area contributed by atoms with E-state index in [1.807, 2.05) is 0 Å². The first kappa shape index (κ1) is 10.0. The van der Waals surface area contributed by atoms with Gasteiger partial charge in [0.1, 0.15) is 6.10 Å². The van der Waals surface area contributed by atoms with Crippen molar-refractivity contribution in [3.8, 4) is 0 Å². The Morgan fingerprint density at radius 1 is 1.33 bits per heavy atom. The number of halogens is 3. The van der Waals surface area contributed by atoms with Gasteiger partial charge in [-0.15, -0.1) is 0 Å². The van der Waals surface area contributed by atoms with E-state index in [0.29, 0.717) is 12.0 Å². The molecule has 2 nitrogen and oxygen atoms in total. The Bertz CT molecular complexity index is 398. The zero-order valence-corrected chi connectivity index (χ0v) is 7.54. The Morgan fingerprint density at radius 3 is 2.60 bits per heavy atom. The molecule has 2 rings (SSSR count). The van der Waals surface area contributed by atoms with Crippen LogP contribution in [0.15, 0.2) is 24.3 Å². The Hall–Kier alpha value is -1.52. The van der Waals surface area contributed by atoms with Crippen molar-refractivity contribution in [1.82, 2.24) is 0 Å². The highest BCUT2D eigenvalue weighted by atomic mass is 19.4. The highest BCUT2D eigenvalue weighted by Gasteiger charge is 2.44. The summed E-state index contributed by atoms with van der Waals surface area (Å²) in [6.07, 6.45) is -5.29. The van der Waals surface area contributed by atoms with Crippen LogP contribution in [0.4, 0.5) is 13.2 Å². The molecule has 1 aromatic carbocycles. The fraction of sp³-hybridized carbons (Fsp3) is 0.300. The van der Waals surface area contributed by atoms with E-state index in [1.165, 1.54) is 0 Å². The average molecular weight is 216 g/mol. The standard InChI is InChI=1S/C10H7F3O2/c11-10(12,13)9(14)15-8-5-6-3-1-2-4-7(6)8/h1-4,8H,5H2. The molecule has 1 unspecified atom stereocenters. The van der Waals surface area contributed by atoms with Gasteiger partial charge in [0.15, 0.2) is 0 Å². The molecular weight excluding hydrogens is 209 g/mol. The van der Waals surface area contributed by atoms with E-state index in [9.17, 15) is 18.0 Å². The summed E-state index contributed by atoms with van der Waals surface area (Å²) < 4.78 is 39.9. The van der Waals surface area contributed by atoms with E-state index in [1.54, 1.807) is 24.3 Å². The van der Waals surface area contributed by atoms with Crippen LogP contribution >= 0.6 is 0 Å². The minimum absolute atomic E-state index is 0.359. The highest BCUT2D eigenvalue weighted by Crippen LogP contribution is 2.37. The number of esters is 1.